The van der Waals surface area contributed by atoms with Crippen molar-refractivity contribution in [2.45, 2.75) is 39.2 Å². The predicted octanol–water partition coefficient (Wildman–Crippen LogP) is 2.13. The average Bonchev–Trinajstić information content (AvgIpc) is 1.88. The summed E-state index contributed by atoms with van der Waals surface area (Å²) in [5.41, 5.74) is 0. The minimum Gasteiger partial charge on any atom is -0.303 e. The fraction of sp³-hybridized carbons (Fsp3) is 1.00. The zero-order chi connectivity index (χ0) is 7.56. The summed E-state index contributed by atoms with van der Waals surface area (Å²) in [6, 6.07) is 0.855. The summed E-state index contributed by atoms with van der Waals surface area (Å²) in [4.78, 5) is 2.51. The van der Waals surface area contributed by atoms with E-state index < -0.39 is 0 Å². The first kappa shape index (κ1) is 8.06. The van der Waals surface area contributed by atoms with Crippen LogP contribution >= 0.6 is 0 Å². The molecule has 0 aromatic heterocycles. The summed E-state index contributed by atoms with van der Waals surface area (Å²) < 4.78 is 0. The smallest absolute Gasteiger partial charge is 0.0115 e. The maximum absolute atomic E-state index is 2.51. The van der Waals surface area contributed by atoms with Gasteiger partial charge in [0, 0.05) is 6.04 Å². The molecule has 1 aliphatic heterocycles. The highest BCUT2D eigenvalue weighted by Crippen LogP contribution is 2.23. The van der Waals surface area contributed by atoms with Gasteiger partial charge < -0.3 is 4.90 Å². The standard InChI is InChI=1S/C9H19N/c1-4-9-8(2)6-5-7-10(9)3/h8-9H,4-7H2,1-3H3/t8-,9+/m1/s1. The summed E-state index contributed by atoms with van der Waals surface area (Å²) in [5.74, 6) is 0.920. The highest BCUT2D eigenvalue weighted by molar-refractivity contribution is 4.78. The summed E-state index contributed by atoms with van der Waals surface area (Å²) in [5, 5.41) is 0. The van der Waals surface area contributed by atoms with Crippen molar-refractivity contribution in [2.24, 2.45) is 5.92 Å². The van der Waals surface area contributed by atoms with Crippen LogP contribution in [0.1, 0.15) is 33.1 Å². The number of nitrogens with zero attached hydrogens (tertiary/aromatic N) is 1. The Labute approximate surface area is 64.4 Å². The van der Waals surface area contributed by atoms with E-state index in [-0.39, 0.29) is 0 Å². The topological polar surface area (TPSA) is 3.24 Å². The Kier molecular flexibility index (Phi) is 2.72. The fourth-order valence-electron chi connectivity index (χ4n) is 2.17. The maximum atomic E-state index is 2.51. The molecular weight excluding hydrogens is 122 g/mol. The Bertz CT molecular complexity index is 90.9. The lowest BCUT2D eigenvalue weighted by Gasteiger charge is -2.36. The SMILES string of the molecule is CC[C@H]1[C@H](C)CCCN1C. The van der Waals surface area contributed by atoms with Gasteiger partial charge in [-0.25, -0.2) is 0 Å². The van der Waals surface area contributed by atoms with Crippen LogP contribution < -0.4 is 0 Å². The van der Waals surface area contributed by atoms with Crippen LogP contribution in [0.4, 0.5) is 0 Å². The van der Waals surface area contributed by atoms with Gasteiger partial charge in [0.25, 0.3) is 0 Å². The van der Waals surface area contributed by atoms with E-state index in [2.05, 4.69) is 25.8 Å². The molecule has 0 N–H and O–H groups in total. The number of rotatable bonds is 1. The van der Waals surface area contributed by atoms with Crippen LogP contribution in [0.25, 0.3) is 0 Å². The molecule has 0 aromatic carbocycles. The number of likely N-dealkylation sites (tertiary alicyclic amines) is 1. The molecule has 1 rings (SSSR count). The van der Waals surface area contributed by atoms with Crippen LogP contribution in [0.3, 0.4) is 0 Å². The molecule has 1 heterocycles. The van der Waals surface area contributed by atoms with E-state index in [1.807, 2.05) is 0 Å². The fourth-order valence-corrected chi connectivity index (χ4v) is 2.17. The summed E-state index contributed by atoms with van der Waals surface area (Å²) in [6.45, 7) is 5.98. The van der Waals surface area contributed by atoms with Crippen molar-refractivity contribution < 1.29 is 0 Å². The van der Waals surface area contributed by atoms with E-state index in [0.717, 1.165) is 12.0 Å². The molecule has 1 aliphatic rings. The van der Waals surface area contributed by atoms with Gasteiger partial charge >= 0.3 is 0 Å². The molecule has 0 radical (unpaired) electrons. The Balaban J connectivity index is 2.45. The van der Waals surface area contributed by atoms with E-state index in [9.17, 15) is 0 Å². The Morgan fingerprint density at radius 3 is 2.60 bits per heavy atom. The molecule has 0 unspecified atom stereocenters. The van der Waals surface area contributed by atoms with Gasteiger partial charge in [-0.05, 0) is 38.8 Å². The summed E-state index contributed by atoms with van der Waals surface area (Å²) in [6.07, 6.45) is 4.15. The van der Waals surface area contributed by atoms with Crippen molar-refractivity contribution in [1.82, 2.24) is 4.90 Å². The van der Waals surface area contributed by atoms with Crippen LogP contribution in [0.15, 0.2) is 0 Å². The predicted molar refractivity (Wildman–Crippen MR) is 45.1 cm³/mol. The van der Waals surface area contributed by atoms with Crippen molar-refractivity contribution in [1.29, 1.82) is 0 Å². The van der Waals surface area contributed by atoms with E-state index in [0.29, 0.717) is 0 Å². The van der Waals surface area contributed by atoms with Crippen molar-refractivity contribution in [3.05, 3.63) is 0 Å². The molecule has 0 amide bonds. The van der Waals surface area contributed by atoms with Gasteiger partial charge in [-0.3, -0.25) is 0 Å². The van der Waals surface area contributed by atoms with E-state index in [4.69, 9.17) is 0 Å². The second-order valence-corrected chi connectivity index (χ2v) is 3.58. The molecule has 0 aromatic rings. The van der Waals surface area contributed by atoms with E-state index in [1.165, 1.54) is 25.8 Å². The van der Waals surface area contributed by atoms with Gasteiger partial charge in [0.1, 0.15) is 0 Å². The van der Waals surface area contributed by atoms with Crippen LogP contribution in [0.2, 0.25) is 0 Å². The van der Waals surface area contributed by atoms with E-state index in [1.54, 1.807) is 0 Å². The van der Waals surface area contributed by atoms with Crippen LogP contribution in [-0.2, 0) is 0 Å². The highest BCUT2D eigenvalue weighted by atomic mass is 15.1. The summed E-state index contributed by atoms with van der Waals surface area (Å²) >= 11 is 0. The average molecular weight is 141 g/mol. The molecule has 2 atom stereocenters. The quantitative estimate of drug-likeness (QED) is 0.540. The molecule has 0 bridgehead atoms. The second-order valence-electron chi connectivity index (χ2n) is 3.58. The minimum atomic E-state index is 0.855. The van der Waals surface area contributed by atoms with Gasteiger partial charge in [0.2, 0.25) is 0 Å². The lowest BCUT2D eigenvalue weighted by molar-refractivity contribution is 0.127. The lowest BCUT2D eigenvalue weighted by atomic mass is 9.90. The highest BCUT2D eigenvalue weighted by Gasteiger charge is 2.23. The van der Waals surface area contributed by atoms with Crippen molar-refractivity contribution >= 4 is 0 Å². The summed E-state index contributed by atoms with van der Waals surface area (Å²) in [7, 11) is 2.25. The first-order valence-electron chi connectivity index (χ1n) is 4.46. The molecular formula is C9H19N. The Hall–Kier alpha value is -0.0400. The molecule has 1 heteroatoms. The van der Waals surface area contributed by atoms with Crippen molar-refractivity contribution in [3.63, 3.8) is 0 Å². The maximum Gasteiger partial charge on any atom is 0.0115 e. The van der Waals surface area contributed by atoms with Gasteiger partial charge in [0.05, 0.1) is 0 Å². The van der Waals surface area contributed by atoms with E-state index >= 15 is 0 Å². The molecule has 0 saturated carbocycles. The zero-order valence-corrected chi connectivity index (χ0v) is 7.43. The third kappa shape index (κ3) is 1.51. The first-order valence-corrected chi connectivity index (χ1v) is 4.46. The minimum absolute atomic E-state index is 0.855. The molecule has 60 valence electrons. The van der Waals surface area contributed by atoms with Crippen LogP contribution in [0, 0.1) is 5.92 Å². The first-order chi connectivity index (χ1) is 4.75. The largest absolute Gasteiger partial charge is 0.303 e. The second kappa shape index (κ2) is 3.38. The number of piperidine rings is 1. The number of hydrogen-bond acceptors (Lipinski definition) is 1. The zero-order valence-electron chi connectivity index (χ0n) is 7.43. The van der Waals surface area contributed by atoms with Crippen LogP contribution in [-0.4, -0.2) is 24.5 Å². The third-order valence-corrected chi connectivity index (χ3v) is 2.81. The number of hydrogen-bond donors (Lipinski definition) is 0. The molecule has 1 nitrogen and oxygen atoms in total. The molecule has 1 saturated heterocycles. The monoisotopic (exact) mass is 141 g/mol. The normalized spacial score (nSPS) is 36.3. The molecule has 1 fully saturated rings. The van der Waals surface area contributed by atoms with Gasteiger partial charge in [-0.1, -0.05) is 13.8 Å². The third-order valence-electron chi connectivity index (χ3n) is 2.81. The Morgan fingerprint density at radius 2 is 2.20 bits per heavy atom. The van der Waals surface area contributed by atoms with Gasteiger partial charge in [-0.15, -0.1) is 0 Å². The van der Waals surface area contributed by atoms with Gasteiger partial charge in [0.15, 0.2) is 0 Å². The molecule has 0 spiro atoms. The van der Waals surface area contributed by atoms with Crippen molar-refractivity contribution in [3.8, 4) is 0 Å². The lowest BCUT2D eigenvalue weighted by Crippen LogP contribution is -2.40. The van der Waals surface area contributed by atoms with Crippen LogP contribution in [0.5, 0.6) is 0 Å². The molecule has 10 heavy (non-hydrogen) atoms. The van der Waals surface area contributed by atoms with Gasteiger partial charge in [-0.2, -0.15) is 0 Å². The van der Waals surface area contributed by atoms with Crippen molar-refractivity contribution in [2.75, 3.05) is 13.6 Å². The molecule has 0 aliphatic carbocycles. The Morgan fingerprint density at radius 1 is 1.50 bits per heavy atom.